The SMILES string of the molecule is CC1(C)S[C@@H]2c3ccccc3C(=O)N2[C@@H]1C(=O)NCCC1=CCCCC1. The summed E-state index contributed by atoms with van der Waals surface area (Å²) in [6.45, 7) is 4.79. The van der Waals surface area contributed by atoms with Gasteiger partial charge in [0.25, 0.3) is 5.91 Å². The van der Waals surface area contributed by atoms with Crippen molar-refractivity contribution in [1.82, 2.24) is 10.2 Å². The maximum atomic E-state index is 13.0. The van der Waals surface area contributed by atoms with Crippen molar-refractivity contribution in [2.45, 2.75) is 62.1 Å². The third-order valence-electron chi connectivity index (χ3n) is 5.68. The van der Waals surface area contributed by atoms with Crippen molar-refractivity contribution in [3.05, 3.63) is 47.0 Å². The van der Waals surface area contributed by atoms with Crippen molar-refractivity contribution >= 4 is 23.6 Å². The van der Waals surface area contributed by atoms with Crippen LogP contribution in [0, 0.1) is 0 Å². The Kier molecular flexibility index (Phi) is 4.59. The van der Waals surface area contributed by atoms with Gasteiger partial charge >= 0.3 is 0 Å². The largest absolute Gasteiger partial charge is 0.354 e. The lowest BCUT2D eigenvalue weighted by molar-refractivity contribution is -0.126. The topological polar surface area (TPSA) is 49.4 Å². The lowest BCUT2D eigenvalue weighted by Crippen LogP contribution is -2.52. The number of nitrogens with one attached hydrogen (secondary N) is 1. The molecule has 1 aliphatic carbocycles. The van der Waals surface area contributed by atoms with E-state index in [-0.39, 0.29) is 21.9 Å². The van der Waals surface area contributed by atoms with Crippen LogP contribution in [0.5, 0.6) is 0 Å². The van der Waals surface area contributed by atoms with E-state index in [9.17, 15) is 9.59 Å². The first kappa shape index (κ1) is 17.7. The molecule has 0 bridgehead atoms. The Morgan fingerprint density at radius 1 is 1.31 bits per heavy atom. The van der Waals surface area contributed by atoms with Gasteiger partial charge in [-0.25, -0.2) is 0 Å². The minimum atomic E-state index is -0.433. The fourth-order valence-corrected chi connectivity index (χ4v) is 5.97. The van der Waals surface area contributed by atoms with E-state index in [1.807, 2.05) is 24.3 Å². The van der Waals surface area contributed by atoms with Crippen LogP contribution in [-0.4, -0.2) is 34.0 Å². The first-order valence-electron chi connectivity index (χ1n) is 9.54. The zero-order valence-electron chi connectivity index (χ0n) is 15.5. The third-order valence-corrected chi connectivity index (χ3v) is 7.21. The average molecular weight is 371 g/mol. The second-order valence-electron chi connectivity index (χ2n) is 7.93. The molecular formula is C21H26N2O2S. The molecule has 5 heteroatoms. The van der Waals surface area contributed by atoms with E-state index in [0.29, 0.717) is 6.54 Å². The molecule has 0 saturated carbocycles. The number of carbonyl (C=O) groups is 2. The highest BCUT2D eigenvalue weighted by atomic mass is 32.2. The molecule has 3 aliphatic rings. The van der Waals surface area contributed by atoms with Crippen molar-refractivity contribution in [1.29, 1.82) is 0 Å². The quantitative estimate of drug-likeness (QED) is 0.814. The molecule has 138 valence electrons. The standard InChI is InChI=1S/C21H26N2O2S/c1-21(2)17(18(24)22-13-12-14-8-4-3-5-9-14)23-19(25)15-10-6-7-11-16(15)20(23)26-21/h6-8,10-11,17,20H,3-5,9,12-13H2,1-2H3,(H,22,24)/t17-,20-/m1/s1. The summed E-state index contributed by atoms with van der Waals surface area (Å²) in [6.07, 6.45) is 8.10. The van der Waals surface area contributed by atoms with Gasteiger partial charge in [-0.05, 0) is 57.6 Å². The van der Waals surface area contributed by atoms with Crippen LogP contribution in [0.25, 0.3) is 0 Å². The molecule has 1 aromatic carbocycles. The number of nitrogens with zero attached hydrogens (tertiary/aromatic N) is 1. The molecule has 2 aliphatic heterocycles. The van der Waals surface area contributed by atoms with Crippen LogP contribution in [0.1, 0.15) is 67.2 Å². The second kappa shape index (κ2) is 6.76. The first-order chi connectivity index (χ1) is 12.5. The lowest BCUT2D eigenvalue weighted by Gasteiger charge is -2.29. The highest BCUT2D eigenvalue weighted by molar-refractivity contribution is 8.01. The van der Waals surface area contributed by atoms with Gasteiger partial charge in [0.2, 0.25) is 5.91 Å². The van der Waals surface area contributed by atoms with Crippen molar-refractivity contribution in [2.24, 2.45) is 0 Å². The van der Waals surface area contributed by atoms with Crippen LogP contribution >= 0.6 is 11.8 Å². The Labute approximate surface area is 159 Å². The number of carbonyl (C=O) groups excluding carboxylic acids is 2. The number of fused-ring (bicyclic) bond motifs is 3. The molecule has 2 amide bonds. The van der Waals surface area contributed by atoms with Gasteiger partial charge in [0.15, 0.2) is 0 Å². The molecule has 4 nitrogen and oxygen atoms in total. The summed E-state index contributed by atoms with van der Waals surface area (Å²) in [5.74, 6) is -0.0404. The van der Waals surface area contributed by atoms with E-state index in [2.05, 4.69) is 25.2 Å². The molecule has 0 radical (unpaired) electrons. The number of benzene rings is 1. The highest BCUT2D eigenvalue weighted by Crippen LogP contribution is 2.56. The van der Waals surface area contributed by atoms with Crippen LogP contribution in [0.15, 0.2) is 35.9 Å². The minimum Gasteiger partial charge on any atom is -0.354 e. The predicted octanol–water partition coefficient (Wildman–Crippen LogP) is 4.04. The average Bonchev–Trinajstić information content (AvgIpc) is 3.06. The molecule has 1 fully saturated rings. The zero-order chi connectivity index (χ0) is 18.3. The van der Waals surface area contributed by atoms with Gasteiger partial charge < -0.3 is 10.2 Å². The predicted molar refractivity (Wildman–Crippen MR) is 105 cm³/mol. The Morgan fingerprint density at radius 3 is 2.88 bits per heavy atom. The number of thioether (sulfide) groups is 1. The molecule has 4 rings (SSSR count). The highest BCUT2D eigenvalue weighted by Gasteiger charge is 2.57. The number of allylic oxidation sites excluding steroid dienone is 1. The van der Waals surface area contributed by atoms with Gasteiger partial charge in [0, 0.05) is 16.9 Å². The van der Waals surface area contributed by atoms with E-state index in [1.165, 1.54) is 18.4 Å². The minimum absolute atomic E-state index is 0.0150. The van der Waals surface area contributed by atoms with E-state index >= 15 is 0 Å². The second-order valence-corrected chi connectivity index (χ2v) is 9.66. The summed E-state index contributed by atoms with van der Waals surface area (Å²) in [6, 6.07) is 7.30. The fourth-order valence-electron chi connectivity index (χ4n) is 4.38. The molecule has 1 aromatic rings. The van der Waals surface area contributed by atoms with Gasteiger partial charge in [-0.2, -0.15) is 0 Å². The summed E-state index contributed by atoms with van der Waals surface area (Å²) in [5, 5.41) is 3.05. The van der Waals surface area contributed by atoms with Gasteiger partial charge in [-0.3, -0.25) is 9.59 Å². The number of amides is 2. The Morgan fingerprint density at radius 2 is 2.12 bits per heavy atom. The van der Waals surface area contributed by atoms with Crippen LogP contribution < -0.4 is 5.32 Å². The fraction of sp³-hybridized carbons (Fsp3) is 0.524. The van der Waals surface area contributed by atoms with E-state index in [0.717, 1.165) is 30.4 Å². The summed E-state index contributed by atoms with van der Waals surface area (Å²) in [4.78, 5) is 27.7. The Hall–Kier alpha value is -1.75. The van der Waals surface area contributed by atoms with E-state index in [4.69, 9.17) is 0 Å². The summed E-state index contributed by atoms with van der Waals surface area (Å²) < 4.78 is -0.304. The van der Waals surface area contributed by atoms with Crippen LogP contribution in [0.3, 0.4) is 0 Å². The maximum Gasteiger partial charge on any atom is 0.256 e. The lowest BCUT2D eigenvalue weighted by atomic mass is 9.97. The van der Waals surface area contributed by atoms with Gasteiger partial charge in [-0.1, -0.05) is 29.8 Å². The number of rotatable bonds is 4. The van der Waals surface area contributed by atoms with Gasteiger partial charge in [-0.15, -0.1) is 11.8 Å². The smallest absolute Gasteiger partial charge is 0.256 e. The van der Waals surface area contributed by atoms with Crippen LogP contribution in [-0.2, 0) is 4.79 Å². The van der Waals surface area contributed by atoms with Gasteiger partial charge in [0.05, 0.1) is 0 Å². The molecule has 2 heterocycles. The molecule has 1 N–H and O–H groups in total. The van der Waals surface area contributed by atoms with Crippen molar-refractivity contribution in [3.8, 4) is 0 Å². The van der Waals surface area contributed by atoms with Crippen molar-refractivity contribution < 1.29 is 9.59 Å². The summed E-state index contributed by atoms with van der Waals surface area (Å²) >= 11 is 1.72. The van der Waals surface area contributed by atoms with Crippen LogP contribution in [0.4, 0.5) is 0 Å². The van der Waals surface area contributed by atoms with E-state index in [1.54, 1.807) is 16.7 Å². The maximum absolute atomic E-state index is 13.0. The zero-order valence-corrected chi connectivity index (χ0v) is 16.3. The Bertz CT molecular complexity index is 771. The first-order valence-corrected chi connectivity index (χ1v) is 10.4. The molecule has 0 unspecified atom stereocenters. The third kappa shape index (κ3) is 2.96. The van der Waals surface area contributed by atoms with Crippen LogP contribution in [0.2, 0.25) is 0 Å². The van der Waals surface area contributed by atoms with Crippen molar-refractivity contribution in [3.63, 3.8) is 0 Å². The Balaban J connectivity index is 1.48. The van der Waals surface area contributed by atoms with E-state index < -0.39 is 6.04 Å². The molecular weight excluding hydrogens is 344 g/mol. The molecule has 0 aromatic heterocycles. The van der Waals surface area contributed by atoms with Gasteiger partial charge in [0.1, 0.15) is 11.4 Å². The monoisotopic (exact) mass is 370 g/mol. The number of hydrogen-bond acceptors (Lipinski definition) is 3. The summed E-state index contributed by atoms with van der Waals surface area (Å²) in [7, 11) is 0. The number of hydrogen-bond donors (Lipinski definition) is 1. The molecule has 0 spiro atoms. The van der Waals surface area contributed by atoms with Crippen molar-refractivity contribution in [2.75, 3.05) is 6.54 Å². The molecule has 2 atom stereocenters. The summed E-state index contributed by atoms with van der Waals surface area (Å²) in [5.41, 5.74) is 3.24. The normalized spacial score (nSPS) is 26.3. The molecule has 26 heavy (non-hydrogen) atoms. The molecule has 1 saturated heterocycles.